The SMILES string of the molecule is O=C(OCc1ccccc1Oc1cccnc1)c1ccc(OCC(F)(F)F)nc1. The summed E-state index contributed by atoms with van der Waals surface area (Å²) >= 11 is 0. The first-order chi connectivity index (χ1) is 13.9. The van der Waals surface area contributed by atoms with Gasteiger partial charge < -0.3 is 14.2 Å². The number of halogens is 3. The zero-order valence-electron chi connectivity index (χ0n) is 14.9. The molecule has 2 heterocycles. The molecule has 3 rings (SSSR count). The van der Waals surface area contributed by atoms with Gasteiger partial charge >= 0.3 is 12.1 Å². The lowest BCUT2D eigenvalue weighted by atomic mass is 10.2. The van der Waals surface area contributed by atoms with Crippen LogP contribution in [0.1, 0.15) is 15.9 Å². The maximum absolute atomic E-state index is 12.2. The van der Waals surface area contributed by atoms with Crippen LogP contribution in [-0.2, 0) is 11.3 Å². The van der Waals surface area contributed by atoms with Crippen molar-refractivity contribution >= 4 is 5.97 Å². The van der Waals surface area contributed by atoms with Gasteiger partial charge in [0, 0.05) is 24.0 Å². The van der Waals surface area contributed by atoms with E-state index < -0.39 is 18.8 Å². The molecule has 1 aromatic carbocycles. The summed E-state index contributed by atoms with van der Waals surface area (Å²) in [5, 5.41) is 0. The Morgan fingerprint density at radius 1 is 1.00 bits per heavy atom. The monoisotopic (exact) mass is 404 g/mol. The topological polar surface area (TPSA) is 70.5 Å². The average molecular weight is 404 g/mol. The zero-order chi connectivity index (χ0) is 20.7. The van der Waals surface area contributed by atoms with Crippen molar-refractivity contribution in [2.45, 2.75) is 12.8 Å². The number of alkyl halides is 3. The summed E-state index contributed by atoms with van der Waals surface area (Å²) < 4.78 is 51.9. The number of aromatic nitrogens is 2. The summed E-state index contributed by atoms with van der Waals surface area (Å²) in [5.74, 6) is 0.109. The maximum Gasteiger partial charge on any atom is 0.422 e. The molecule has 0 unspecified atom stereocenters. The van der Waals surface area contributed by atoms with Crippen LogP contribution >= 0.6 is 0 Å². The molecule has 0 saturated heterocycles. The van der Waals surface area contributed by atoms with Gasteiger partial charge in [0.1, 0.15) is 18.1 Å². The van der Waals surface area contributed by atoms with E-state index in [9.17, 15) is 18.0 Å². The van der Waals surface area contributed by atoms with Crippen LogP contribution in [0.25, 0.3) is 0 Å². The van der Waals surface area contributed by atoms with Crippen molar-refractivity contribution in [1.29, 1.82) is 0 Å². The number of hydrogen-bond donors (Lipinski definition) is 0. The van der Waals surface area contributed by atoms with Gasteiger partial charge in [-0.15, -0.1) is 0 Å². The minimum atomic E-state index is -4.47. The first kappa shape index (κ1) is 20.1. The molecule has 29 heavy (non-hydrogen) atoms. The highest BCUT2D eigenvalue weighted by atomic mass is 19.4. The van der Waals surface area contributed by atoms with Crippen molar-refractivity contribution in [3.8, 4) is 17.4 Å². The molecule has 3 aromatic rings. The molecule has 0 aliphatic heterocycles. The van der Waals surface area contributed by atoms with E-state index in [4.69, 9.17) is 9.47 Å². The summed E-state index contributed by atoms with van der Waals surface area (Å²) in [6, 6.07) is 12.9. The molecular formula is C20H15F3N2O4. The summed E-state index contributed by atoms with van der Waals surface area (Å²) in [6.45, 7) is -1.53. The molecule has 0 spiro atoms. The van der Waals surface area contributed by atoms with Crippen molar-refractivity contribution in [2.75, 3.05) is 6.61 Å². The third kappa shape index (κ3) is 6.20. The highest BCUT2D eigenvalue weighted by molar-refractivity contribution is 5.89. The molecular weight excluding hydrogens is 389 g/mol. The van der Waals surface area contributed by atoms with Gasteiger partial charge in [0.15, 0.2) is 6.61 Å². The van der Waals surface area contributed by atoms with E-state index in [-0.39, 0.29) is 18.1 Å². The molecule has 0 aliphatic rings. The molecule has 0 aliphatic carbocycles. The number of esters is 1. The van der Waals surface area contributed by atoms with Gasteiger partial charge in [-0.05, 0) is 24.3 Å². The normalized spacial score (nSPS) is 11.0. The Kier molecular flexibility index (Phi) is 6.28. The molecule has 150 valence electrons. The number of benzene rings is 1. The van der Waals surface area contributed by atoms with E-state index in [1.54, 1.807) is 48.8 Å². The Morgan fingerprint density at radius 3 is 2.52 bits per heavy atom. The second-order valence-electron chi connectivity index (χ2n) is 5.76. The van der Waals surface area contributed by atoms with Crippen molar-refractivity contribution in [3.63, 3.8) is 0 Å². The smallest absolute Gasteiger partial charge is 0.422 e. The number of para-hydroxylation sites is 1. The standard InChI is InChI=1S/C20H15F3N2O4/c21-20(22,23)13-28-18-8-7-14(10-25-18)19(26)27-12-15-4-1-2-6-17(15)29-16-5-3-9-24-11-16/h1-11H,12-13H2. The van der Waals surface area contributed by atoms with Crippen LogP contribution in [0.4, 0.5) is 13.2 Å². The van der Waals surface area contributed by atoms with Gasteiger partial charge in [-0.25, -0.2) is 9.78 Å². The minimum Gasteiger partial charge on any atom is -0.468 e. The molecule has 0 saturated carbocycles. The summed E-state index contributed by atoms with van der Waals surface area (Å²) in [4.78, 5) is 19.8. The van der Waals surface area contributed by atoms with Gasteiger partial charge in [0.2, 0.25) is 5.88 Å². The van der Waals surface area contributed by atoms with E-state index in [1.807, 2.05) is 0 Å². The highest BCUT2D eigenvalue weighted by Gasteiger charge is 2.28. The molecule has 2 aromatic heterocycles. The Balaban J connectivity index is 1.59. The molecule has 0 bridgehead atoms. The van der Waals surface area contributed by atoms with Crippen molar-refractivity contribution in [2.24, 2.45) is 0 Å². The molecule has 0 fully saturated rings. The quantitative estimate of drug-likeness (QED) is 0.538. The molecule has 0 N–H and O–H groups in total. The van der Waals surface area contributed by atoms with E-state index in [2.05, 4.69) is 14.7 Å². The highest BCUT2D eigenvalue weighted by Crippen LogP contribution is 2.25. The van der Waals surface area contributed by atoms with Crippen LogP contribution in [0.15, 0.2) is 67.1 Å². The van der Waals surface area contributed by atoms with Gasteiger partial charge in [-0.1, -0.05) is 18.2 Å². The number of pyridine rings is 2. The van der Waals surface area contributed by atoms with Crippen LogP contribution in [-0.4, -0.2) is 28.7 Å². The fourth-order valence-corrected chi connectivity index (χ4v) is 2.23. The van der Waals surface area contributed by atoms with Crippen molar-refractivity contribution in [1.82, 2.24) is 9.97 Å². The maximum atomic E-state index is 12.2. The Hall–Kier alpha value is -3.62. The third-order valence-electron chi connectivity index (χ3n) is 3.55. The Morgan fingerprint density at radius 2 is 1.83 bits per heavy atom. The number of rotatable bonds is 7. The molecule has 9 heteroatoms. The summed E-state index contributed by atoms with van der Waals surface area (Å²) in [7, 11) is 0. The largest absolute Gasteiger partial charge is 0.468 e. The number of hydrogen-bond acceptors (Lipinski definition) is 6. The first-order valence-electron chi connectivity index (χ1n) is 8.39. The second-order valence-corrected chi connectivity index (χ2v) is 5.76. The van der Waals surface area contributed by atoms with Crippen LogP contribution in [0, 0.1) is 0 Å². The molecule has 0 radical (unpaired) electrons. The fourth-order valence-electron chi connectivity index (χ4n) is 2.23. The van der Waals surface area contributed by atoms with Gasteiger partial charge in [0.05, 0.1) is 11.8 Å². The lowest BCUT2D eigenvalue weighted by molar-refractivity contribution is -0.154. The zero-order valence-corrected chi connectivity index (χ0v) is 14.9. The lowest BCUT2D eigenvalue weighted by Gasteiger charge is -2.11. The average Bonchev–Trinajstić information content (AvgIpc) is 2.72. The van der Waals surface area contributed by atoms with Gasteiger partial charge in [-0.2, -0.15) is 13.2 Å². The number of nitrogens with zero attached hydrogens (tertiary/aromatic N) is 2. The summed E-state index contributed by atoms with van der Waals surface area (Å²) in [6.07, 6.45) is -0.207. The third-order valence-corrected chi connectivity index (χ3v) is 3.55. The Labute approximate surface area is 163 Å². The van der Waals surface area contributed by atoms with E-state index >= 15 is 0 Å². The molecule has 0 atom stereocenters. The van der Waals surface area contributed by atoms with Crippen molar-refractivity contribution < 1.29 is 32.2 Å². The van der Waals surface area contributed by atoms with Crippen LogP contribution < -0.4 is 9.47 Å². The minimum absolute atomic E-state index is 0.0679. The molecule has 0 amide bonds. The van der Waals surface area contributed by atoms with Crippen LogP contribution in [0.2, 0.25) is 0 Å². The predicted molar refractivity (Wildman–Crippen MR) is 95.7 cm³/mol. The van der Waals surface area contributed by atoms with Gasteiger partial charge in [-0.3, -0.25) is 4.98 Å². The molecule has 6 nitrogen and oxygen atoms in total. The van der Waals surface area contributed by atoms with Gasteiger partial charge in [0.25, 0.3) is 0 Å². The predicted octanol–water partition coefficient (Wildman–Crippen LogP) is 4.57. The van der Waals surface area contributed by atoms with Crippen LogP contribution in [0.5, 0.6) is 17.4 Å². The number of carbonyl (C=O) groups excluding carboxylic acids is 1. The summed E-state index contributed by atoms with van der Waals surface area (Å²) in [5.41, 5.74) is 0.706. The number of carbonyl (C=O) groups is 1. The first-order valence-corrected chi connectivity index (χ1v) is 8.39. The Bertz CT molecular complexity index is 948. The fraction of sp³-hybridized carbons (Fsp3) is 0.150. The van der Waals surface area contributed by atoms with E-state index in [1.165, 1.54) is 12.1 Å². The van der Waals surface area contributed by atoms with E-state index in [0.29, 0.717) is 17.1 Å². The second kappa shape index (κ2) is 9.05. The number of ether oxygens (including phenoxy) is 3. The van der Waals surface area contributed by atoms with Crippen LogP contribution in [0.3, 0.4) is 0 Å². The van der Waals surface area contributed by atoms with E-state index in [0.717, 1.165) is 6.20 Å². The lowest BCUT2D eigenvalue weighted by Crippen LogP contribution is -2.19. The van der Waals surface area contributed by atoms with Crippen molar-refractivity contribution in [3.05, 3.63) is 78.2 Å².